The van der Waals surface area contributed by atoms with Gasteiger partial charge in [-0.25, -0.2) is 9.97 Å². The van der Waals surface area contributed by atoms with Crippen LogP contribution in [-0.2, 0) is 4.74 Å². The molecular weight excluding hydrogens is 260 g/mol. The molecule has 0 amide bonds. The van der Waals surface area contributed by atoms with Crippen molar-refractivity contribution in [1.29, 1.82) is 0 Å². The maximum atomic E-state index is 10.7. The Bertz CT molecular complexity index is 457. The molecule has 0 spiro atoms. The molecule has 0 aromatic carbocycles. The minimum Gasteiger partial charge on any atom is -0.382 e. The van der Waals surface area contributed by atoms with Crippen molar-refractivity contribution in [3.8, 4) is 0 Å². The summed E-state index contributed by atoms with van der Waals surface area (Å²) in [5.41, 5.74) is -0.166. The summed E-state index contributed by atoms with van der Waals surface area (Å²) in [6, 6.07) is 0. The van der Waals surface area contributed by atoms with Crippen molar-refractivity contribution in [2.45, 2.75) is 38.1 Å². The molecule has 0 aliphatic carbocycles. The van der Waals surface area contributed by atoms with Crippen LogP contribution in [0.1, 0.15) is 32.6 Å². The molecule has 20 heavy (non-hydrogen) atoms. The zero-order chi connectivity index (χ0) is 14.6. The molecule has 1 aliphatic rings. The summed E-state index contributed by atoms with van der Waals surface area (Å²) in [7, 11) is 1.70. The molecule has 1 saturated heterocycles. The van der Waals surface area contributed by atoms with Gasteiger partial charge in [0, 0.05) is 13.7 Å². The smallest absolute Gasteiger partial charge is 0.305 e. The Morgan fingerprint density at radius 2 is 2.20 bits per heavy atom. The van der Waals surface area contributed by atoms with Crippen LogP contribution >= 0.6 is 0 Å². The molecule has 1 unspecified atom stereocenters. The number of nitro groups is 1. The fourth-order valence-corrected chi connectivity index (χ4v) is 3.01. The first kappa shape index (κ1) is 14.6. The van der Waals surface area contributed by atoms with E-state index < -0.39 is 4.92 Å². The number of rotatable bonds is 6. The standard InChI is InChI=1S/C13H20N4O3/c1-3-5-13(10-20-2)6-4-7-16(13)12-14-8-11(9-15-12)17(18)19/h8-9H,3-7,10H2,1-2H3. The van der Waals surface area contributed by atoms with Gasteiger partial charge in [0.2, 0.25) is 5.95 Å². The molecular formula is C13H20N4O3. The van der Waals surface area contributed by atoms with Crippen LogP contribution in [0.2, 0.25) is 0 Å². The fourth-order valence-electron chi connectivity index (χ4n) is 3.01. The van der Waals surface area contributed by atoms with Gasteiger partial charge >= 0.3 is 5.69 Å². The van der Waals surface area contributed by atoms with Crippen molar-refractivity contribution in [3.05, 3.63) is 22.5 Å². The highest BCUT2D eigenvalue weighted by atomic mass is 16.6. The predicted molar refractivity (Wildman–Crippen MR) is 74.8 cm³/mol. The third kappa shape index (κ3) is 2.72. The highest BCUT2D eigenvalue weighted by Crippen LogP contribution is 2.36. The number of anilines is 1. The van der Waals surface area contributed by atoms with Crippen LogP contribution in [0.4, 0.5) is 11.6 Å². The van der Waals surface area contributed by atoms with Crippen molar-refractivity contribution < 1.29 is 9.66 Å². The SMILES string of the molecule is CCCC1(COC)CCCN1c1ncc([N+](=O)[O-])cn1. The molecule has 0 bridgehead atoms. The highest BCUT2D eigenvalue weighted by Gasteiger charge is 2.41. The van der Waals surface area contributed by atoms with Crippen molar-refractivity contribution in [2.24, 2.45) is 0 Å². The van der Waals surface area contributed by atoms with Gasteiger partial charge in [0.05, 0.1) is 17.1 Å². The Morgan fingerprint density at radius 3 is 2.75 bits per heavy atom. The lowest BCUT2D eigenvalue weighted by Gasteiger charge is -2.38. The summed E-state index contributed by atoms with van der Waals surface area (Å²) in [5, 5.41) is 10.7. The second kappa shape index (κ2) is 6.13. The predicted octanol–water partition coefficient (Wildman–Crippen LogP) is 2.17. The van der Waals surface area contributed by atoms with Gasteiger partial charge < -0.3 is 9.64 Å². The normalized spacial score (nSPS) is 22.2. The summed E-state index contributed by atoms with van der Waals surface area (Å²) in [6.45, 7) is 3.63. The molecule has 2 heterocycles. The van der Waals surface area contributed by atoms with Crippen LogP contribution in [0, 0.1) is 10.1 Å². The first-order valence-corrected chi connectivity index (χ1v) is 6.86. The van der Waals surface area contributed by atoms with Crippen molar-refractivity contribution in [1.82, 2.24) is 9.97 Å². The lowest BCUT2D eigenvalue weighted by molar-refractivity contribution is -0.385. The Hall–Kier alpha value is -1.76. The Balaban J connectivity index is 2.26. The van der Waals surface area contributed by atoms with E-state index in [1.807, 2.05) is 0 Å². The molecule has 1 aromatic rings. The maximum absolute atomic E-state index is 10.7. The second-order valence-corrected chi connectivity index (χ2v) is 5.16. The molecule has 1 atom stereocenters. The van der Waals surface area contributed by atoms with Crippen molar-refractivity contribution >= 4 is 11.6 Å². The maximum Gasteiger partial charge on any atom is 0.305 e. The Morgan fingerprint density at radius 1 is 1.50 bits per heavy atom. The largest absolute Gasteiger partial charge is 0.382 e. The lowest BCUT2D eigenvalue weighted by atomic mass is 9.91. The summed E-state index contributed by atoms with van der Waals surface area (Å²) in [4.78, 5) is 20.6. The summed E-state index contributed by atoms with van der Waals surface area (Å²) in [5.74, 6) is 0.554. The Kier molecular flexibility index (Phi) is 4.49. The number of aromatic nitrogens is 2. The molecule has 110 valence electrons. The van der Waals surface area contributed by atoms with Gasteiger partial charge in [0.25, 0.3) is 0 Å². The minimum atomic E-state index is -0.484. The first-order valence-electron chi connectivity index (χ1n) is 6.86. The van der Waals surface area contributed by atoms with Crippen LogP contribution < -0.4 is 4.90 Å². The van der Waals surface area contributed by atoms with Crippen molar-refractivity contribution in [2.75, 3.05) is 25.2 Å². The topological polar surface area (TPSA) is 81.4 Å². The Labute approximate surface area is 118 Å². The van der Waals surface area contributed by atoms with E-state index in [9.17, 15) is 10.1 Å². The minimum absolute atomic E-state index is 0.0826. The average Bonchev–Trinajstić information content (AvgIpc) is 2.83. The van der Waals surface area contributed by atoms with Gasteiger partial charge in [-0.05, 0) is 19.3 Å². The van der Waals surface area contributed by atoms with Gasteiger partial charge in [0.15, 0.2) is 0 Å². The van der Waals surface area contributed by atoms with Gasteiger partial charge in [-0.2, -0.15) is 0 Å². The van der Waals surface area contributed by atoms with Gasteiger partial charge in [-0.1, -0.05) is 13.3 Å². The number of hydrogen-bond acceptors (Lipinski definition) is 6. The van der Waals surface area contributed by atoms with Gasteiger partial charge in [0.1, 0.15) is 12.4 Å². The van der Waals surface area contributed by atoms with E-state index in [4.69, 9.17) is 4.74 Å². The zero-order valence-electron chi connectivity index (χ0n) is 11.9. The monoisotopic (exact) mass is 280 g/mol. The van der Waals surface area contributed by atoms with Gasteiger partial charge in [-0.15, -0.1) is 0 Å². The summed E-state index contributed by atoms with van der Waals surface area (Å²) < 4.78 is 5.39. The fraction of sp³-hybridized carbons (Fsp3) is 0.692. The third-order valence-corrected chi connectivity index (χ3v) is 3.80. The molecule has 7 heteroatoms. The lowest BCUT2D eigenvalue weighted by Crippen LogP contribution is -2.48. The third-order valence-electron chi connectivity index (χ3n) is 3.80. The van der Waals surface area contributed by atoms with E-state index >= 15 is 0 Å². The highest BCUT2D eigenvalue weighted by molar-refractivity contribution is 5.39. The molecule has 0 N–H and O–H groups in total. The van der Waals surface area contributed by atoms with Crippen LogP contribution in [0.15, 0.2) is 12.4 Å². The molecule has 1 aromatic heterocycles. The quantitative estimate of drug-likeness (QED) is 0.586. The molecule has 2 rings (SSSR count). The molecule has 1 fully saturated rings. The molecule has 0 radical (unpaired) electrons. The van der Waals surface area contributed by atoms with E-state index in [1.54, 1.807) is 7.11 Å². The summed E-state index contributed by atoms with van der Waals surface area (Å²) >= 11 is 0. The number of methoxy groups -OCH3 is 1. The molecule has 1 aliphatic heterocycles. The first-order chi connectivity index (χ1) is 9.63. The number of nitrogens with zero attached hydrogens (tertiary/aromatic N) is 4. The number of hydrogen-bond donors (Lipinski definition) is 0. The van der Waals surface area contributed by atoms with Gasteiger partial charge in [-0.3, -0.25) is 10.1 Å². The van der Waals surface area contributed by atoms with E-state index in [2.05, 4.69) is 21.8 Å². The van der Waals surface area contributed by atoms with E-state index in [0.29, 0.717) is 12.6 Å². The molecule has 0 saturated carbocycles. The van der Waals surface area contributed by atoms with Crippen LogP contribution in [0.5, 0.6) is 0 Å². The van der Waals surface area contributed by atoms with Crippen LogP contribution in [-0.4, -0.2) is 40.7 Å². The second-order valence-electron chi connectivity index (χ2n) is 5.16. The van der Waals surface area contributed by atoms with Crippen LogP contribution in [0.25, 0.3) is 0 Å². The van der Waals surface area contributed by atoms with E-state index in [0.717, 1.165) is 32.2 Å². The van der Waals surface area contributed by atoms with Crippen LogP contribution in [0.3, 0.4) is 0 Å². The van der Waals surface area contributed by atoms with E-state index in [1.165, 1.54) is 12.4 Å². The van der Waals surface area contributed by atoms with E-state index in [-0.39, 0.29) is 11.2 Å². The average molecular weight is 280 g/mol. The van der Waals surface area contributed by atoms with Crippen molar-refractivity contribution in [3.63, 3.8) is 0 Å². The zero-order valence-corrected chi connectivity index (χ0v) is 11.9. The number of ether oxygens (including phenoxy) is 1. The molecule has 7 nitrogen and oxygen atoms in total. The summed E-state index contributed by atoms with van der Waals surface area (Å²) in [6.07, 6.45) is 6.68.